The lowest BCUT2D eigenvalue weighted by molar-refractivity contribution is 0.133. The molecule has 0 bridgehead atoms. The molecule has 3 nitrogen and oxygen atoms in total. The van der Waals surface area contributed by atoms with Crippen LogP contribution in [0.5, 0.6) is 5.75 Å². The molecule has 1 aromatic rings. The Morgan fingerprint density at radius 1 is 1.50 bits per heavy atom. The average Bonchev–Trinajstić information content (AvgIpc) is 2.70. The van der Waals surface area contributed by atoms with Crippen LogP contribution in [0, 0.1) is 5.92 Å². The Hall–Kier alpha value is -0.770. The lowest BCUT2D eigenvalue weighted by atomic mass is 10.0. The Morgan fingerprint density at radius 2 is 2.28 bits per heavy atom. The molecule has 2 rings (SSSR count). The minimum atomic E-state index is 0.212. The van der Waals surface area contributed by atoms with Crippen LogP contribution in [0.3, 0.4) is 0 Å². The Kier molecular flexibility index (Phi) is 4.49. The van der Waals surface area contributed by atoms with Crippen molar-refractivity contribution in [1.29, 1.82) is 0 Å². The molecule has 0 aromatic heterocycles. The van der Waals surface area contributed by atoms with Gasteiger partial charge in [0.2, 0.25) is 0 Å². The summed E-state index contributed by atoms with van der Waals surface area (Å²) >= 11 is 6.03. The van der Waals surface area contributed by atoms with Crippen molar-refractivity contribution >= 4 is 11.6 Å². The number of hydrogen-bond donors (Lipinski definition) is 1. The van der Waals surface area contributed by atoms with Gasteiger partial charge >= 0.3 is 0 Å². The smallest absolute Gasteiger partial charge is 0.123 e. The second kappa shape index (κ2) is 5.91. The number of likely N-dealkylation sites (tertiary alicyclic amines) is 1. The molecule has 100 valence electrons. The number of aliphatic hydroxyl groups is 1. The van der Waals surface area contributed by atoms with Gasteiger partial charge in [0.25, 0.3) is 0 Å². The molecule has 18 heavy (non-hydrogen) atoms. The summed E-state index contributed by atoms with van der Waals surface area (Å²) in [5.41, 5.74) is 1.08. The van der Waals surface area contributed by atoms with E-state index in [0.29, 0.717) is 5.92 Å². The number of hydrogen-bond acceptors (Lipinski definition) is 3. The fourth-order valence-corrected chi connectivity index (χ4v) is 2.86. The third kappa shape index (κ3) is 2.79. The summed E-state index contributed by atoms with van der Waals surface area (Å²) < 4.78 is 5.36. The zero-order valence-corrected chi connectivity index (χ0v) is 11.7. The third-order valence-electron chi connectivity index (χ3n) is 3.80. The molecule has 0 spiro atoms. The third-order valence-corrected chi connectivity index (χ3v) is 4.04. The van der Waals surface area contributed by atoms with Crippen LogP contribution in [0.25, 0.3) is 0 Å². The monoisotopic (exact) mass is 269 g/mol. The number of rotatable bonds is 4. The van der Waals surface area contributed by atoms with Gasteiger partial charge in [0.05, 0.1) is 13.7 Å². The van der Waals surface area contributed by atoms with Crippen molar-refractivity contribution in [2.24, 2.45) is 5.92 Å². The van der Waals surface area contributed by atoms with Crippen molar-refractivity contribution in [3.05, 3.63) is 28.8 Å². The van der Waals surface area contributed by atoms with Gasteiger partial charge in [-0.15, -0.1) is 0 Å². The van der Waals surface area contributed by atoms with Gasteiger partial charge in [0, 0.05) is 23.2 Å². The standard InChI is InChI=1S/C14H20ClNO2/c1-10-5-6-16(13(10)9-17)8-11-7-12(15)3-4-14(11)18-2/h3-4,7,10,13,17H,5-6,8-9H2,1-2H3. The van der Waals surface area contributed by atoms with Crippen LogP contribution in [0.2, 0.25) is 5.02 Å². The first-order chi connectivity index (χ1) is 8.65. The number of nitrogens with zero attached hydrogens (tertiary/aromatic N) is 1. The van der Waals surface area contributed by atoms with E-state index in [-0.39, 0.29) is 12.6 Å². The first-order valence-corrected chi connectivity index (χ1v) is 6.70. The zero-order chi connectivity index (χ0) is 13.1. The second-order valence-corrected chi connectivity index (χ2v) is 5.38. The summed E-state index contributed by atoms with van der Waals surface area (Å²) in [5, 5.41) is 10.2. The van der Waals surface area contributed by atoms with Gasteiger partial charge in [-0.2, -0.15) is 0 Å². The number of aliphatic hydroxyl groups excluding tert-OH is 1. The molecule has 1 aromatic carbocycles. The molecule has 2 atom stereocenters. The molecule has 1 aliphatic rings. The van der Waals surface area contributed by atoms with E-state index in [9.17, 15) is 5.11 Å². The van der Waals surface area contributed by atoms with Gasteiger partial charge in [-0.3, -0.25) is 4.90 Å². The van der Waals surface area contributed by atoms with Gasteiger partial charge < -0.3 is 9.84 Å². The van der Waals surface area contributed by atoms with Gasteiger partial charge in [0.15, 0.2) is 0 Å². The fourth-order valence-electron chi connectivity index (χ4n) is 2.67. The molecule has 2 unspecified atom stereocenters. The van der Waals surface area contributed by atoms with Crippen molar-refractivity contribution in [2.45, 2.75) is 25.9 Å². The molecule has 4 heteroatoms. The van der Waals surface area contributed by atoms with Crippen LogP contribution in [-0.2, 0) is 6.54 Å². The van der Waals surface area contributed by atoms with E-state index in [1.807, 2.05) is 18.2 Å². The molecule has 1 aliphatic heterocycles. The van der Waals surface area contributed by atoms with Crippen LogP contribution < -0.4 is 4.74 Å². The molecule has 0 aliphatic carbocycles. The molecule has 1 heterocycles. The minimum absolute atomic E-state index is 0.212. The summed E-state index contributed by atoms with van der Waals surface area (Å²) in [4.78, 5) is 2.30. The lowest BCUT2D eigenvalue weighted by Crippen LogP contribution is -2.34. The largest absolute Gasteiger partial charge is 0.496 e. The summed E-state index contributed by atoms with van der Waals surface area (Å²) in [7, 11) is 1.67. The highest BCUT2D eigenvalue weighted by Crippen LogP contribution is 2.29. The Morgan fingerprint density at radius 3 is 2.94 bits per heavy atom. The SMILES string of the molecule is COc1ccc(Cl)cc1CN1CCC(C)C1CO. The molecular formula is C14H20ClNO2. The first-order valence-electron chi connectivity index (χ1n) is 6.33. The number of methoxy groups -OCH3 is 1. The number of halogens is 1. The topological polar surface area (TPSA) is 32.7 Å². The van der Waals surface area contributed by atoms with Crippen LogP contribution in [0.4, 0.5) is 0 Å². The van der Waals surface area contributed by atoms with E-state index in [1.54, 1.807) is 7.11 Å². The summed E-state index contributed by atoms with van der Waals surface area (Å²) in [6, 6.07) is 5.91. The maximum absolute atomic E-state index is 9.47. The average molecular weight is 270 g/mol. The minimum Gasteiger partial charge on any atom is -0.496 e. The van der Waals surface area contributed by atoms with Crippen molar-refractivity contribution < 1.29 is 9.84 Å². The predicted molar refractivity (Wildman–Crippen MR) is 73.1 cm³/mol. The van der Waals surface area contributed by atoms with Crippen LogP contribution in [0.1, 0.15) is 18.9 Å². The predicted octanol–water partition coefficient (Wildman–Crippen LogP) is 2.55. The van der Waals surface area contributed by atoms with Crippen molar-refractivity contribution in [1.82, 2.24) is 4.90 Å². The van der Waals surface area contributed by atoms with Crippen molar-refractivity contribution in [3.63, 3.8) is 0 Å². The fraction of sp³-hybridized carbons (Fsp3) is 0.571. The number of benzene rings is 1. The second-order valence-electron chi connectivity index (χ2n) is 4.94. The summed E-state index contributed by atoms with van der Waals surface area (Å²) in [6.07, 6.45) is 1.13. The van der Waals surface area contributed by atoms with E-state index >= 15 is 0 Å². The quantitative estimate of drug-likeness (QED) is 0.912. The van der Waals surface area contributed by atoms with E-state index in [4.69, 9.17) is 16.3 Å². The van der Waals surface area contributed by atoms with Crippen molar-refractivity contribution in [3.8, 4) is 5.75 Å². The van der Waals surface area contributed by atoms with Crippen LogP contribution >= 0.6 is 11.6 Å². The van der Waals surface area contributed by atoms with E-state index in [0.717, 1.165) is 35.8 Å². The van der Waals surface area contributed by atoms with Crippen LogP contribution in [-0.4, -0.2) is 36.3 Å². The van der Waals surface area contributed by atoms with E-state index < -0.39 is 0 Å². The summed E-state index contributed by atoms with van der Waals surface area (Å²) in [6.45, 7) is 4.20. The Bertz CT molecular complexity index is 411. The lowest BCUT2D eigenvalue weighted by Gasteiger charge is -2.25. The van der Waals surface area contributed by atoms with Crippen molar-refractivity contribution in [2.75, 3.05) is 20.3 Å². The summed E-state index contributed by atoms with van der Waals surface area (Å²) in [5.74, 6) is 1.40. The first kappa shape index (κ1) is 13.7. The molecule has 1 N–H and O–H groups in total. The highest BCUT2D eigenvalue weighted by atomic mass is 35.5. The molecule has 0 saturated carbocycles. The maximum atomic E-state index is 9.47. The normalized spacial score (nSPS) is 24.4. The van der Waals surface area contributed by atoms with Gasteiger partial charge in [0.1, 0.15) is 5.75 Å². The number of ether oxygens (including phenoxy) is 1. The molecule has 1 fully saturated rings. The molecular weight excluding hydrogens is 250 g/mol. The van der Waals surface area contributed by atoms with Gasteiger partial charge in [-0.25, -0.2) is 0 Å². The van der Waals surface area contributed by atoms with Gasteiger partial charge in [-0.05, 0) is 37.1 Å². The Balaban J connectivity index is 2.16. The molecule has 1 saturated heterocycles. The van der Waals surface area contributed by atoms with Gasteiger partial charge in [-0.1, -0.05) is 18.5 Å². The Labute approximate surface area is 113 Å². The molecule has 0 amide bonds. The highest BCUT2D eigenvalue weighted by Gasteiger charge is 2.30. The zero-order valence-electron chi connectivity index (χ0n) is 10.9. The van der Waals surface area contributed by atoms with E-state index in [1.165, 1.54) is 0 Å². The van der Waals surface area contributed by atoms with E-state index in [2.05, 4.69) is 11.8 Å². The van der Waals surface area contributed by atoms with Crippen LogP contribution in [0.15, 0.2) is 18.2 Å². The highest BCUT2D eigenvalue weighted by molar-refractivity contribution is 6.30. The molecule has 0 radical (unpaired) electrons. The maximum Gasteiger partial charge on any atom is 0.123 e.